The molecule has 3 heteroatoms. The summed E-state index contributed by atoms with van der Waals surface area (Å²) < 4.78 is 5.55. The van der Waals surface area contributed by atoms with Gasteiger partial charge >= 0.3 is 0 Å². The van der Waals surface area contributed by atoms with E-state index in [1.165, 1.54) is 6.42 Å². The van der Waals surface area contributed by atoms with Gasteiger partial charge < -0.3 is 14.7 Å². The van der Waals surface area contributed by atoms with E-state index in [9.17, 15) is 5.11 Å². The lowest BCUT2D eigenvalue weighted by molar-refractivity contribution is 0.124. The first kappa shape index (κ1) is 15.3. The number of likely N-dealkylation sites (N-methyl/N-ethyl adjacent to an activating group) is 1. The van der Waals surface area contributed by atoms with Crippen molar-refractivity contribution in [1.82, 2.24) is 4.90 Å². The van der Waals surface area contributed by atoms with Crippen LogP contribution in [0.1, 0.15) is 38.4 Å². The maximum atomic E-state index is 10.3. The molecule has 0 saturated heterocycles. The van der Waals surface area contributed by atoms with E-state index in [0.717, 1.165) is 42.7 Å². The summed E-state index contributed by atoms with van der Waals surface area (Å²) in [6, 6.07) is 7.81. The SMILES string of the molecule is CCCOc1ccc(C(O)CN(C)CC2CC2C)cc1. The number of ether oxygens (including phenoxy) is 1. The molecule has 1 aliphatic carbocycles. The van der Waals surface area contributed by atoms with Gasteiger partial charge in [0.2, 0.25) is 0 Å². The van der Waals surface area contributed by atoms with Crippen molar-refractivity contribution in [2.24, 2.45) is 11.8 Å². The molecule has 0 amide bonds. The first-order chi connectivity index (χ1) is 9.60. The summed E-state index contributed by atoms with van der Waals surface area (Å²) in [5.74, 6) is 2.57. The van der Waals surface area contributed by atoms with Crippen molar-refractivity contribution in [2.45, 2.75) is 32.8 Å². The predicted molar refractivity (Wildman–Crippen MR) is 82.0 cm³/mol. The summed E-state index contributed by atoms with van der Waals surface area (Å²) in [7, 11) is 2.09. The van der Waals surface area contributed by atoms with E-state index in [-0.39, 0.29) is 0 Å². The van der Waals surface area contributed by atoms with Crippen molar-refractivity contribution in [3.8, 4) is 5.75 Å². The predicted octanol–water partition coefficient (Wildman–Crippen LogP) is 3.10. The van der Waals surface area contributed by atoms with Gasteiger partial charge in [-0.05, 0) is 49.4 Å². The third-order valence-electron chi connectivity index (χ3n) is 4.04. The molecule has 112 valence electrons. The molecule has 2 rings (SSSR count). The average molecular weight is 277 g/mol. The Morgan fingerprint density at radius 1 is 1.35 bits per heavy atom. The van der Waals surface area contributed by atoms with Crippen LogP contribution in [0.3, 0.4) is 0 Å². The maximum absolute atomic E-state index is 10.3. The molecule has 1 N–H and O–H groups in total. The highest BCUT2D eigenvalue weighted by Crippen LogP contribution is 2.38. The van der Waals surface area contributed by atoms with Gasteiger partial charge in [-0.15, -0.1) is 0 Å². The fourth-order valence-corrected chi connectivity index (χ4v) is 2.54. The van der Waals surface area contributed by atoms with Crippen molar-refractivity contribution < 1.29 is 9.84 Å². The van der Waals surface area contributed by atoms with Crippen LogP contribution in [-0.4, -0.2) is 36.8 Å². The van der Waals surface area contributed by atoms with Crippen LogP contribution in [0, 0.1) is 11.8 Å². The molecule has 0 aliphatic heterocycles. The number of hydrogen-bond acceptors (Lipinski definition) is 3. The largest absolute Gasteiger partial charge is 0.494 e. The van der Waals surface area contributed by atoms with Gasteiger partial charge in [0.25, 0.3) is 0 Å². The van der Waals surface area contributed by atoms with E-state index in [2.05, 4.69) is 25.8 Å². The van der Waals surface area contributed by atoms with Crippen LogP contribution < -0.4 is 4.74 Å². The van der Waals surface area contributed by atoms with Gasteiger partial charge in [-0.3, -0.25) is 0 Å². The minimum absolute atomic E-state index is 0.422. The topological polar surface area (TPSA) is 32.7 Å². The fourth-order valence-electron chi connectivity index (χ4n) is 2.54. The van der Waals surface area contributed by atoms with Gasteiger partial charge in [0.1, 0.15) is 5.75 Å². The van der Waals surface area contributed by atoms with E-state index >= 15 is 0 Å². The van der Waals surface area contributed by atoms with Crippen molar-refractivity contribution >= 4 is 0 Å². The lowest BCUT2D eigenvalue weighted by Crippen LogP contribution is -2.27. The highest BCUT2D eigenvalue weighted by Gasteiger charge is 2.33. The highest BCUT2D eigenvalue weighted by atomic mass is 16.5. The van der Waals surface area contributed by atoms with Gasteiger partial charge in [0.15, 0.2) is 0 Å². The third-order valence-corrected chi connectivity index (χ3v) is 4.04. The zero-order chi connectivity index (χ0) is 14.5. The third kappa shape index (κ3) is 4.50. The second-order valence-corrected chi connectivity index (χ2v) is 6.13. The molecule has 3 unspecified atom stereocenters. The molecule has 1 aromatic carbocycles. The minimum Gasteiger partial charge on any atom is -0.494 e. The lowest BCUT2D eigenvalue weighted by Gasteiger charge is -2.21. The zero-order valence-corrected chi connectivity index (χ0v) is 12.9. The quantitative estimate of drug-likeness (QED) is 0.792. The first-order valence-corrected chi connectivity index (χ1v) is 7.69. The Bertz CT molecular complexity index is 404. The van der Waals surface area contributed by atoms with Crippen LogP contribution in [0.5, 0.6) is 5.75 Å². The van der Waals surface area contributed by atoms with Crippen molar-refractivity contribution in [1.29, 1.82) is 0 Å². The Balaban J connectivity index is 1.80. The molecule has 0 bridgehead atoms. The molecule has 0 aromatic heterocycles. The average Bonchev–Trinajstić information content (AvgIpc) is 3.12. The summed E-state index contributed by atoms with van der Waals surface area (Å²) in [5.41, 5.74) is 0.963. The Kier molecular flexibility index (Phi) is 5.44. The summed E-state index contributed by atoms with van der Waals surface area (Å²) >= 11 is 0. The van der Waals surface area contributed by atoms with Crippen LogP contribution in [0.4, 0.5) is 0 Å². The Morgan fingerprint density at radius 2 is 2.00 bits per heavy atom. The first-order valence-electron chi connectivity index (χ1n) is 7.69. The van der Waals surface area contributed by atoms with Gasteiger partial charge in [0.05, 0.1) is 12.7 Å². The number of aliphatic hydroxyl groups excluding tert-OH is 1. The normalized spacial score (nSPS) is 22.9. The number of rotatable bonds is 8. The van der Waals surface area contributed by atoms with E-state index in [4.69, 9.17) is 4.74 Å². The molecular formula is C17H27NO2. The fraction of sp³-hybridized carbons (Fsp3) is 0.647. The van der Waals surface area contributed by atoms with Crippen LogP contribution in [0.15, 0.2) is 24.3 Å². The van der Waals surface area contributed by atoms with Crippen LogP contribution in [0.2, 0.25) is 0 Å². The molecule has 20 heavy (non-hydrogen) atoms. The standard InChI is InChI=1S/C17H27NO2/c1-4-9-20-16-7-5-14(6-8-16)17(19)12-18(3)11-15-10-13(15)2/h5-8,13,15,17,19H,4,9-12H2,1-3H3. The molecule has 1 aliphatic rings. The summed E-state index contributed by atoms with van der Waals surface area (Å²) in [4.78, 5) is 2.24. The second kappa shape index (κ2) is 7.09. The van der Waals surface area contributed by atoms with Crippen molar-refractivity contribution in [2.75, 3.05) is 26.7 Å². The minimum atomic E-state index is -0.422. The van der Waals surface area contributed by atoms with Gasteiger partial charge in [-0.1, -0.05) is 26.0 Å². The van der Waals surface area contributed by atoms with Crippen LogP contribution in [-0.2, 0) is 0 Å². The van der Waals surface area contributed by atoms with Crippen LogP contribution in [0.25, 0.3) is 0 Å². The summed E-state index contributed by atoms with van der Waals surface area (Å²) in [6.45, 7) is 6.91. The Hall–Kier alpha value is -1.06. The molecular weight excluding hydrogens is 250 g/mol. The van der Waals surface area contributed by atoms with Crippen molar-refractivity contribution in [3.63, 3.8) is 0 Å². The molecule has 3 nitrogen and oxygen atoms in total. The summed E-state index contributed by atoms with van der Waals surface area (Å²) in [5, 5.41) is 10.3. The molecule has 0 heterocycles. The monoisotopic (exact) mass is 277 g/mol. The number of hydrogen-bond donors (Lipinski definition) is 1. The summed E-state index contributed by atoms with van der Waals surface area (Å²) in [6.07, 6.45) is 1.92. The van der Waals surface area contributed by atoms with E-state index < -0.39 is 6.10 Å². The van der Waals surface area contributed by atoms with Gasteiger partial charge in [0, 0.05) is 13.1 Å². The van der Waals surface area contributed by atoms with E-state index in [0.29, 0.717) is 6.54 Å². The number of aliphatic hydroxyl groups is 1. The Morgan fingerprint density at radius 3 is 2.55 bits per heavy atom. The van der Waals surface area contributed by atoms with Gasteiger partial charge in [-0.25, -0.2) is 0 Å². The molecule has 0 spiro atoms. The van der Waals surface area contributed by atoms with E-state index in [1.54, 1.807) is 0 Å². The molecule has 1 saturated carbocycles. The molecule has 1 aromatic rings. The second-order valence-electron chi connectivity index (χ2n) is 6.13. The highest BCUT2D eigenvalue weighted by molar-refractivity contribution is 5.28. The van der Waals surface area contributed by atoms with Crippen LogP contribution >= 0.6 is 0 Å². The molecule has 0 radical (unpaired) electrons. The number of nitrogens with zero attached hydrogens (tertiary/aromatic N) is 1. The maximum Gasteiger partial charge on any atom is 0.119 e. The number of benzene rings is 1. The zero-order valence-electron chi connectivity index (χ0n) is 12.9. The van der Waals surface area contributed by atoms with E-state index in [1.807, 2.05) is 24.3 Å². The van der Waals surface area contributed by atoms with Gasteiger partial charge in [-0.2, -0.15) is 0 Å². The Labute approximate surface area is 122 Å². The smallest absolute Gasteiger partial charge is 0.119 e. The molecule has 3 atom stereocenters. The lowest BCUT2D eigenvalue weighted by atomic mass is 10.1. The molecule has 1 fully saturated rings. The van der Waals surface area contributed by atoms with Crippen molar-refractivity contribution in [3.05, 3.63) is 29.8 Å².